The van der Waals surface area contributed by atoms with E-state index in [4.69, 9.17) is 9.72 Å². The topological polar surface area (TPSA) is 103 Å². The maximum Gasteiger partial charge on any atom is 0.332 e. The molecule has 1 fully saturated rings. The van der Waals surface area contributed by atoms with E-state index in [-0.39, 0.29) is 31.3 Å². The number of methoxy groups -OCH3 is 1. The van der Waals surface area contributed by atoms with Crippen LogP contribution in [0.25, 0.3) is 11.2 Å². The Morgan fingerprint density at radius 2 is 1.91 bits per heavy atom. The molecule has 0 saturated heterocycles. The van der Waals surface area contributed by atoms with Crippen LogP contribution in [-0.2, 0) is 19.6 Å². The maximum atomic E-state index is 13.4. The van der Waals surface area contributed by atoms with E-state index in [1.165, 1.54) is 15.6 Å². The number of aromatic nitrogens is 4. The van der Waals surface area contributed by atoms with E-state index in [2.05, 4.69) is 5.32 Å². The summed E-state index contributed by atoms with van der Waals surface area (Å²) in [6, 6.07) is 6.21. The molecule has 1 aromatic carbocycles. The number of hydrogen-bond donors (Lipinski definition) is 2. The molecule has 4 rings (SSSR count). The van der Waals surface area contributed by atoms with Gasteiger partial charge in [0.15, 0.2) is 11.2 Å². The molecular formula is C24H33N5O4. The van der Waals surface area contributed by atoms with E-state index in [0.717, 1.165) is 42.6 Å². The Kier molecular flexibility index (Phi) is 6.88. The minimum absolute atomic E-state index is 0.0805. The van der Waals surface area contributed by atoms with Crippen LogP contribution in [-0.4, -0.2) is 43.6 Å². The van der Waals surface area contributed by atoms with Crippen LogP contribution in [0.1, 0.15) is 50.2 Å². The molecule has 0 radical (unpaired) electrons. The number of aryl methyl sites for hydroxylation is 1. The van der Waals surface area contributed by atoms with Crippen LogP contribution in [0.4, 0.5) is 5.95 Å². The molecule has 33 heavy (non-hydrogen) atoms. The molecule has 0 unspecified atom stereocenters. The van der Waals surface area contributed by atoms with Crippen molar-refractivity contribution in [3.63, 3.8) is 0 Å². The molecule has 2 aromatic heterocycles. The van der Waals surface area contributed by atoms with Crippen molar-refractivity contribution >= 4 is 17.1 Å². The summed E-state index contributed by atoms with van der Waals surface area (Å²) in [5.41, 5.74) is 1.88. The zero-order chi connectivity index (χ0) is 23.5. The molecule has 0 atom stereocenters. The minimum atomic E-state index is -0.446. The van der Waals surface area contributed by atoms with E-state index in [0.29, 0.717) is 23.7 Å². The van der Waals surface area contributed by atoms with Gasteiger partial charge in [-0.05, 0) is 43.9 Å². The van der Waals surface area contributed by atoms with Gasteiger partial charge < -0.3 is 15.2 Å². The van der Waals surface area contributed by atoms with Crippen molar-refractivity contribution in [2.45, 2.75) is 71.6 Å². The summed E-state index contributed by atoms with van der Waals surface area (Å²) in [4.78, 5) is 31.1. The van der Waals surface area contributed by atoms with Gasteiger partial charge >= 0.3 is 5.69 Å². The molecule has 0 amide bonds. The van der Waals surface area contributed by atoms with Crippen molar-refractivity contribution in [3.8, 4) is 5.75 Å². The summed E-state index contributed by atoms with van der Waals surface area (Å²) in [6.07, 6.45) is 5.65. The molecule has 3 aromatic rings. The maximum absolute atomic E-state index is 13.4. The first-order valence-corrected chi connectivity index (χ1v) is 11.7. The third-order valence-corrected chi connectivity index (χ3v) is 6.49. The highest BCUT2D eigenvalue weighted by atomic mass is 16.5. The van der Waals surface area contributed by atoms with Crippen molar-refractivity contribution in [2.75, 3.05) is 19.0 Å². The van der Waals surface area contributed by atoms with Crippen LogP contribution >= 0.6 is 0 Å². The fourth-order valence-corrected chi connectivity index (χ4v) is 4.79. The third-order valence-electron chi connectivity index (χ3n) is 6.49. The van der Waals surface area contributed by atoms with Gasteiger partial charge in [0.25, 0.3) is 5.56 Å². The van der Waals surface area contributed by atoms with Gasteiger partial charge in [0, 0.05) is 12.6 Å². The van der Waals surface area contributed by atoms with Gasteiger partial charge in [-0.25, -0.2) is 4.79 Å². The zero-order valence-corrected chi connectivity index (χ0v) is 19.6. The largest absolute Gasteiger partial charge is 0.496 e. The molecule has 2 heterocycles. The number of nitrogens with one attached hydrogen (secondary N) is 1. The SMILES string of the molecule is CCn1c(=O)c2c(nc(NC3CCCCC3)n2Cc2ccc(OC)c(C)c2)n(CCO)c1=O. The van der Waals surface area contributed by atoms with Crippen molar-refractivity contribution in [1.29, 1.82) is 0 Å². The molecular weight excluding hydrogens is 422 g/mol. The monoisotopic (exact) mass is 455 g/mol. The predicted octanol–water partition coefficient (Wildman–Crippen LogP) is 2.48. The number of aliphatic hydroxyl groups excluding tert-OH is 1. The highest BCUT2D eigenvalue weighted by Crippen LogP contribution is 2.25. The summed E-state index contributed by atoms with van der Waals surface area (Å²) in [5, 5.41) is 13.1. The molecule has 9 heteroatoms. The van der Waals surface area contributed by atoms with Crippen molar-refractivity contribution < 1.29 is 9.84 Å². The van der Waals surface area contributed by atoms with Gasteiger partial charge in [0.05, 0.1) is 26.8 Å². The van der Waals surface area contributed by atoms with E-state index in [9.17, 15) is 14.7 Å². The highest BCUT2D eigenvalue weighted by molar-refractivity contribution is 5.74. The van der Waals surface area contributed by atoms with Gasteiger partial charge in [-0.2, -0.15) is 4.98 Å². The summed E-state index contributed by atoms with van der Waals surface area (Å²) in [5.74, 6) is 1.39. The number of imidazole rings is 1. The lowest BCUT2D eigenvalue weighted by Gasteiger charge is -2.23. The Balaban J connectivity index is 1.91. The Hall–Kier alpha value is -3.07. The molecule has 1 aliphatic carbocycles. The molecule has 9 nitrogen and oxygen atoms in total. The summed E-state index contributed by atoms with van der Waals surface area (Å²) in [7, 11) is 1.64. The first-order valence-electron chi connectivity index (χ1n) is 11.7. The van der Waals surface area contributed by atoms with E-state index in [1.54, 1.807) is 14.0 Å². The van der Waals surface area contributed by atoms with Crippen LogP contribution in [0.2, 0.25) is 0 Å². The molecule has 0 bridgehead atoms. The number of anilines is 1. The Bertz CT molecular complexity index is 1250. The van der Waals surface area contributed by atoms with Gasteiger partial charge in [0.2, 0.25) is 5.95 Å². The summed E-state index contributed by atoms with van der Waals surface area (Å²) < 4.78 is 9.88. The van der Waals surface area contributed by atoms with E-state index in [1.807, 2.05) is 29.7 Å². The standard InChI is InChI=1S/C24H33N5O4/c1-4-27-22(31)20-21(28(12-13-30)24(27)32)26-23(25-18-8-6-5-7-9-18)29(20)15-17-10-11-19(33-3)16(2)14-17/h10-11,14,18,30H,4-9,12-13,15H2,1-3H3,(H,25,26). The lowest BCUT2D eigenvalue weighted by Crippen LogP contribution is -2.40. The molecule has 178 valence electrons. The average Bonchev–Trinajstić information content (AvgIpc) is 3.15. The molecule has 0 aliphatic heterocycles. The lowest BCUT2D eigenvalue weighted by molar-refractivity contribution is 0.274. The smallest absolute Gasteiger partial charge is 0.332 e. The van der Waals surface area contributed by atoms with Gasteiger partial charge in [-0.3, -0.25) is 18.5 Å². The second-order valence-electron chi connectivity index (χ2n) is 8.68. The second-order valence-corrected chi connectivity index (χ2v) is 8.68. The number of ether oxygens (including phenoxy) is 1. The Morgan fingerprint density at radius 3 is 2.55 bits per heavy atom. The number of nitrogens with zero attached hydrogens (tertiary/aromatic N) is 4. The van der Waals surface area contributed by atoms with Crippen LogP contribution in [0.15, 0.2) is 27.8 Å². The average molecular weight is 456 g/mol. The Labute approximate surface area is 192 Å². The van der Waals surface area contributed by atoms with Crippen LogP contribution in [0.5, 0.6) is 5.75 Å². The fraction of sp³-hybridized carbons (Fsp3) is 0.542. The molecule has 1 saturated carbocycles. The highest BCUT2D eigenvalue weighted by Gasteiger charge is 2.23. The fourth-order valence-electron chi connectivity index (χ4n) is 4.79. The van der Waals surface area contributed by atoms with Crippen molar-refractivity contribution in [1.82, 2.24) is 18.7 Å². The van der Waals surface area contributed by atoms with Gasteiger partial charge in [-0.1, -0.05) is 31.4 Å². The molecule has 0 spiro atoms. The number of hydrogen-bond acceptors (Lipinski definition) is 6. The number of rotatable bonds is 8. The second kappa shape index (κ2) is 9.82. The molecule has 2 N–H and O–H groups in total. The summed E-state index contributed by atoms with van der Waals surface area (Å²) >= 11 is 0. The number of benzene rings is 1. The lowest BCUT2D eigenvalue weighted by atomic mass is 9.96. The van der Waals surface area contributed by atoms with Crippen LogP contribution in [0, 0.1) is 6.92 Å². The van der Waals surface area contributed by atoms with Crippen molar-refractivity contribution in [2.24, 2.45) is 0 Å². The van der Waals surface area contributed by atoms with E-state index < -0.39 is 5.69 Å². The normalized spacial score (nSPS) is 14.7. The Morgan fingerprint density at radius 1 is 1.15 bits per heavy atom. The van der Waals surface area contributed by atoms with Crippen molar-refractivity contribution in [3.05, 3.63) is 50.2 Å². The minimum Gasteiger partial charge on any atom is -0.496 e. The van der Waals surface area contributed by atoms with E-state index >= 15 is 0 Å². The third kappa shape index (κ3) is 4.42. The van der Waals surface area contributed by atoms with Crippen LogP contribution < -0.4 is 21.3 Å². The zero-order valence-electron chi connectivity index (χ0n) is 19.6. The molecule has 1 aliphatic rings. The van der Waals surface area contributed by atoms with Gasteiger partial charge in [0.1, 0.15) is 5.75 Å². The number of aliphatic hydroxyl groups is 1. The van der Waals surface area contributed by atoms with Crippen LogP contribution in [0.3, 0.4) is 0 Å². The van der Waals surface area contributed by atoms with Gasteiger partial charge in [-0.15, -0.1) is 0 Å². The predicted molar refractivity (Wildman–Crippen MR) is 128 cm³/mol. The summed E-state index contributed by atoms with van der Waals surface area (Å²) in [6.45, 7) is 4.29. The number of fused-ring (bicyclic) bond motifs is 1. The quantitative estimate of drug-likeness (QED) is 0.541. The first-order chi connectivity index (χ1) is 16.0. The first kappa shape index (κ1) is 23.1.